The predicted octanol–water partition coefficient (Wildman–Crippen LogP) is -2.74. The van der Waals surface area contributed by atoms with Gasteiger partial charge in [0.15, 0.2) is 5.96 Å². The molecule has 0 saturated heterocycles. The van der Waals surface area contributed by atoms with Gasteiger partial charge < -0.3 is 43.2 Å². The third-order valence-electron chi connectivity index (χ3n) is 4.62. The van der Waals surface area contributed by atoms with E-state index in [-0.39, 0.29) is 38.3 Å². The molecule has 1 aromatic heterocycles. The second-order valence-electron chi connectivity index (χ2n) is 7.30. The van der Waals surface area contributed by atoms with Crippen molar-refractivity contribution in [1.29, 1.82) is 0 Å². The van der Waals surface area contributed by atoms with Crippen molar-refractivity contribution in [3.63, 3.8) is 0 Å². The van der Waals surface area contributed by atoms with Crippen LogP contribution in [0.3, 0.4) is 0 Å². The van der Waals surface area contributed by atoms with Crippen molar-refractivity contribution in [1.82, 2.24) is 25.9 Å². The van der Waals surface area contributed by atoms with Crippen LogP contribution in [0.1, 0.15) is 25.0 Å². The minimum Gasteiger partial charge on any atom is -0.480 e. The first-order valence-electron chi connectivity index (χ1n) is 10.5. The fourth-order valence-corrected chi connectivity index (χ4v) is 3.36. The quantitative estimate of drug-likeness (QED) is 0.0662. The van der Waals surface area contributed by atoms with Gasteiger partial charge in [-0.1, -0.05) is 0 Å². The number of thioether (sulfide) groups is 1. The fourth-order valence-electron chi connectivity index (χ4n) is 2.89. The molecule has 3 amide bonds. The first-order valence-corrected chi connectivity index (χ1v) is 11.9. The van der Waals surface area contributed by atoms with Crippen molar-refractivity contribution in [3.8, 4) is 0 Å². The average Bonchev–Trinajstić information content (AvgIpc) is 3.30. The highest BCUT2D eigenvalue weighted by molar-refractivity contribution is 7.98. The molecule has 3 atom stereocenters. The van der Waals surface area contributed by atoms with Gasteiger partial charge in [-0.05, 0) is 31.3 Å². The number of carbonyl (C=O) groups is 4. The second-order valence-corrected chi connectivity index (χ2v) is 8.28. The topological polar surface area (TPSA) is 244 Å². The molecular formula is C19H33N9O5S. The summed E-state index contributed by atoms with van der Waals surface area (Å²) in [5, 5.41) is 17.0. The largest absolute Gasteiger partial charge is 0.480 e. The molecule has 15 heteroatoms. The maximum absolute atomic E-state index is 13.0. The Hall–Kier alpha value is -3.33. The van der Waals surface area contributed by atoms with Crippen LogP contribution < -0.4 is 33.2 Å². The van der Waals surface area contributed by atoms with Crippen molar-refractivity contribution in [2.24, 2.45) is 22.2 Å². The van der Waals surface area contributed by atoms with Gasteiger partial charge in [0.1, 0.15) is 18.1 Å². The van der Waals surface area contributed by atoms with Crippen LogP contribution in [0.15, 0.2) is 17.5 Å². The summed E-state index contributed by atoms with van der Waals surface area (Å²) in [6.07, 6.45) is 5.50. The van der Waals surface area contributed by atoms with Gasteiger partial charge in [0.25, 0.3) is 0 Å². The van der Waals surface area contributed by atoms with Gasteiger partial charge >= 0.3 is 5.97 Å². The molecule has 0 bridgehead atoms. The summed E-state index contributed by atoms with van der Waals surface area (Å²) in [5.41, 5.74) is 16.6. The Balaban J connectivity index is 2.99. The van der Waals surface area contributed by atoms with E-state index in [4.69, 9.17) is 17.2 Å². The van der Waals surface area contributed by atoms with E-state index in [9.17, 15) is 24.3 Å². The summed E-state index contributed by atoms with van der Waals surface area (Å²) in [7, 11) is 0. The molecule has 1 aromatic rings. The molecule has 0 radical (unpaired) electrons. The summed E-state index contributed by atoms with van der Waals surface area (Å²) in [6.45, 7) is -0.122. The molecule has 0 fully saturated rings. The summed E-state index contributed by atoms with van der Waals surface area (Å²) >= 11 is 1.45. The Morgan fingerprint density at radius 1 is 1.12 bits per heavy atom. The number of nitrogens with zero attached hydrogens (tertiary/aromatic N) is 2. The van der Waals surface area contributed by atoms with E-state index >= 15 is 0 Å². The van der Waals surface area contributed by atoms with Crippen LogP contribution in [-0.2, 0) is 25.6 Å². The second kappa shape index (κ2) is 15.5. The summed E-state index contributed by atoms with van der Waals surface area (Å²) in [5.74, 6) is -2.64. The maximum Gasteiger partial charge on any atom is 0.326 e. The van der Waals surface area contributed by atoms with Crippen LogP contribution in [0.2, 0.25) is 0 Å². The minimum atomic E-state index is -1.18. The lowest BCUT2D eigenvalue weighted by Gasteiger charge is -2.24. The van der Waals surface area contributed by atoms with Crippen LogP contribution in [-0.4, -0.2) is 87.9 Å². The van der Waals surface area contributed by atoms with E-state index in [0.29, 0.717) is 17.9 Å². The number of hydrogen-bond acceptors (Lipinski definition) is 8. The van der Waals surface area contributed by atoms with Gasteiger partial charge in [0.05, 0.1) is 12.9 Å². The van der Waals surface area contributed by atoms with Gasteiger partial charge in [-0.2, -0.15) is 11.8 Å². The van der Waals surface area contributed by atoms with Crippen molar-refractivity contribution >= 4 is 41.4 Å². The normalized spacial score (nSPS) is 13.2. The summed E-state index contributed by atoms with van der Waals surface area (Å²) < 4.78 is 0. The molecular weight excluding hydrogens is 466 g/mol. The highest BCUT2D eigenvalue weighted by atomic mass is 32.2. The van der Waals surface area contributed by atoms with Crippen LogP contribution >= 0.6 is 11.8 Å². The van der Waals surface area contributed by atoms with Crippen LogP contribution in [0.4, 0.5) is 0 Å². The fraction of sp³-hybridized carbons (Fsp3) is 0.579. The number of aliphatic carboxylic acids is 1. The van der Waals surface area contributed by atoms with Crippen molar-refractivity contribution in [2.45, 2.75) is 43.8 Å². The molecule has 1 rings (SSSR count). The molecule has 11 N–H and O–H groups in total. The molecule has 0 saturated carbocycles. The number of imidazole rings is 1. The number of amides is 3. The first-order chi connectivity index (χ1) is 16.2. The number of carboxylic acid groups (broad SMARTS) is 1. The monoisotopic (exact) mass is 499 g/mol. The third kappa shape index (κ3) is 11.0. The number of nitrogens with one attached hydrogen (secondary N) is 4. The Bertz CT molecular complexity index is 830. The Kier molecular flexibility index (Phi) is 13.1. The summed E-state index contributed by atoms with van der Waals surface area (Å²) in [4.78, 5) is 59.9. The van der Waals surface area contributed by atoms with Gasteiger partial charge in [0, 0.05) is 24.9 Å². The number of rotatable bonds is 16. The minimum absolute atomic E-state index is 0.0748. The number of hydrogen-bond donors (Lipinski definition) is 8. The lowest BCUT2D eigenvalue weighted by Crippen LogP contribution is -2.56. The number of guanidine groups is 1. The van der Waals surface area contributed by atoms with Crippen LogP contribution in [0.25, 0.3) is 0 Å². The van der Waals surface area contributed by atoms with E-state index in [1.54, 1.807) is 0 Å². The van der Waals surface area contributed by atoms with Crippen molar-refractivity contribution in [3.05, 3.63) is 18.2 Å². The number of aromatic nitrogens is 2. The molecule has 0 aliphatic heterocycles. The summed E-state index contributed by atoms with van der Waals surface area (Å²) in [6, 6.07) is -3.25. The van der Waals surface area contributed by atoms with Gasteiger partial charge in [0.2, 0.25) is 17.7 Å². The van der Waals surface area contributed by atoms with Crippen LogP contribution in [0, 0.1) is 0 Å². The zero-order valence-electron chi connectivity index (χ0n) is 19.0. The molecule has 190 valence electrons. The maximum atomic E-state index is 13.0. The van der Waals surface area contributed by atoms with Crippen molar-refractivity contribution in [2.75, 3.05) is 25.1 Å². The van der Waals surface area contributed by atoms with E-state index < -0.39 is 41.8 Å². The standard InChI is InChI=1S/C19H33N9O5S/c1-34-6-4-13(18(32)33)28-16(30)12(3-2-5-24-19(21)22)27-17(31)14(26-15(29)8-20)7-11-9-23-10-25-11/h9-10,12-14H,2-8,20H2,1H3,(H,23,25)(H,26,29)(H,27,31)(H,28,30)(H,32,33)(H4,21,22,24). The first kappa shape index (κ1) is 28.7. The van der Waals surface area contributed by atoms with Gasteiger partial charge in [-0.3, -0.25) is 19.4 Å². The Morgan fingerprint density at radius 3 is 2.35 bits per heavy atom. The van der Waals surface area contributed by atoms with Gasteiger partial charge in [-0.25, -0.2) is 9.78 Å². The molecule has 3 unspecified atom stereocenters. The van der Waals surface area contributed by atoms with Crippen LogP contribution in [0.5, 0.6) is 0 Å². The number of carbonyl (C=O) groups excluding carboxylic acids is 3. The molecule has 14 nitrogen and oxygen atoms in total. The van der Waals surface area contributed by atoms with Crippen molar-refractivity contribution < 1.29 is 24.3 Å². The molecule has 1 heterocycles. The van der Waals surface area contributed by atoms with E-state index in [2.05, 4.69) is 30.9 Å². The number of carboxylic acids is 1. The van der Waals surface area contributed by atoms with Gasteiger partial charge in [-0.15, -0.1) is 0 Å². The lowest BCUT2D eigenvalue weighted by molar-refractivity contribution is -0.142. The highest BCUT2D eigenvalue weighted by Gasteiger charge is 2.29. The number of H-pyrrole nitrogens is 1. The molecule has 0 aliphatic rings. The van der Waals surface area contributed by atoms with E-state index in [0.717, 1.165) is 0 Å². The number of nitrogens with two attached hydrogens (primary N) is 3. The molecule has 0 aromatic carbocycles. The molecule has 0 aliphatic carbocycles. The van der Waals surface area contributed by atoms with E-state index in [1.807, 2.05) is 6.26 Å². The number of aliphatic imine (C=N–C) groups is 1. The molecule has 0 spiro atoms. The molecule has 34 heavy (non-hydrogen) atoms. The smallest absolute Gasteiger partial charge is 0.326 e. The van der Waals surface area contributed by atoms with E-state index in [1.165, 1.54) is 24.3 Å². The number of aromatic amines is 1. The third-order valence-corrected chi connectivity index (χ3v) is 5.26. The SMILES string of the molecule is CSCCC(NC(=O)C(CCCN=C(N)N)NC(=O)C(Cc1cnc[nH]1)NC(=O)CN)C(=O)O. The predicted molar refractivity (Wildman–Crippen MR) is 128 cm³/mol. The highest BCUT2D eigenvalue weighted by Crippen LogP contribution is 2.06. The zero-order valence-corrected chi connectivity index (χ0v) is 19.8. The zero-order chi connectivity index (χ0) is 25.5. The Labute approximate surface area is 201 Å². The Morgan fingerprint density at radius 2 is 1.79 bits per heavy atom. The average molecular weight is 500 g/mol. The lowest BCUT2D eigenvalue weighted by atomic mass is 10.1.